The summed E-state index contributed by atoms with van der Waals surface area (Å²) >= 11 is 0. The molecule has 3 aromatic rings. The Morgan fingerprint density at radius 1 is 1.04 bits per heavy atom. The van der Waals surface area contributed by atoms with Gasteiger partial charge in [-0.15, -0.1) is 0 Å². The lowest BCUT2D eigenvalue weighted by molar-refractivity contribution is 0.769. The minimum atomic E-state index is 0.733. The van der Waals surface area contributed by atoms with Gasteiger partial charge in [0, 0.05) is 28.9 Å². The fourth-order valence-corrected chi connectivity index (χ4v) is 3.16. The first kappa shape index (κ1) is 19.6. The molecular weight excluding hydrogens is 344 g/mol. The first-order valence-corrected chi connectivity index (χ1v) is 9.85. The van der Waals surface area contributed by atoms with Crippen LogP contribution in [0.2, 0.25) is 0 Å². The molecule has 0 amide bonds. The van der Waals surface area contributed by atoms with E-state index in [0.29, 0.717) is 0 Å². The molecule has 4 nitrogen and oxygen atoms in total. The van der Waals surface area contributed by atoms with Crippen LogP contribution in [-0.4, -0.2) is 16.5 Å². The smallest absolute Gasteiger partial charge is 0.162 e. The molecule has 0 unspecified atom stereocenters. The minimum absolute atomic E-state index is 0.733. The van der Waals surface area contributed by atoms with E-state index in [1.54, 1.807) is 0 Å². The van der Waals surface area contributed by atoms with Crippen molar-refractivity contribution in [2.45, 2.75) is 33.6 Å². The Balaban J connectivity index is 2.01. The third-order valence-electron chi connectivity index (χ3n) is 4.57. The number of benzene rings is 2. The van der Waals surface area contributed by atoms with Crippen molar-refractivity contribution in [3.63, 3.8) is 0 Å². The van der Waals surface area contributed by atoms with Crippen molar-refractivity contribution < 1.29 is 0 Å². The maximum atomic E-state index is 4.86. The molecule has 2 aromatic carbocycles. The number of fused-ring (bicyclic) bond motifs is 1. The van der Waals surface area contributed by atoms with Crippen molar-refractivity contribution in [3.8, 4) is 11.4 Å². The molecule has 0 saturated carbocycles. The van der Waals surface area contributed by atoms with E-state index in [1.807, 2.05) is 43.3 Å². The Bertz CT molecular complexity index is 1000. The van der Waals surface area contributed by atoms with Gasteiger partial charge in [-0.1, -0.05) is 56.8 Å². The van der Waals surface area contributed by atoms with Crippen LogP contribution in [0.15, 0.2) is 72.6 Å². The van der Waals surface area contributed by atoms with E-state index in [1.165, 1.54) is 5.56 Å². The number of aryl methyl sites for hydroxylation is 1. The largest absolute Gasteiger partial charge is 0.389 e. The lowest BCUT2D eigenvalue weighted by Gasteiger charge is -2.13. The molecule has 0 aliphatic carbocycles. The van der Waals surface area contributed by atoms with Crippen molar-refractivity contribution in [2.24, 2.45) is 0 Å². The van der Waals surface area contributed by atoms with Gasteiger partial charge in [0.25, 0.3) is 0 Å². The van der Waals surface area contributed by atoms with Gasteiger partial charge in [0.2, 0.25) is 0 Å². The quantitative estimate of drug-likeness (QED) is 0.499. The van der Waals surface area contributed by atoms with Crippen LogP contribution in [0.5, 0.6) is 0 Å². The van der Waals surface area contributed by atoms with Crippen LogP contribution in [0.25, 0.3) is 22.3 Å². The zero-order valence-electron chi connectivity index (χ0n) is 16.9. The molecule has 28 heavy (non-hydrogen) atoms. The molecule has 3 rings (SSSR count). The standard InChI is InChI=1S/C24H28N4/c1-5-15-25-17(3)16-18(4)26-24-21-13-9-10-14-22(21)27-23(28-24)20-12-8-7-11-19(20)6-2/h7-14,16,25H,4-6,15H2,1-3H3,(H,26,27,28)/b17-16-. The van der Waals surface area contributed by atoms with Gasteiger partial charge in [-0.2, -0.15) is 0 Å². The van der Waals surface area contributed by atoms with Crippen LogP contribution < -0.4 is 10.6 Å². The average Bonchev–Trinajstić information content (AvgIpc) is 2.72. The highest BCUT2D eigenvalue weighted by Gasteiger charge is 2.12. The lowest BCUT2D eigenvalue weighted by Crippen LogP contribution is -2.12. The molecule has 0 atom stereocenters. The first-order chi connectivity index (χ1) is 13.6. The Morgan fingerprint density at radius 3 is 2.57 bits per heavy atom. The second-order valence-corrected chi connectivity index (χ2v) is 6.83. The van der Waals surface area contributed by atoms with Gasteiger partial charge < -0.3 is 10.6 Å². The highest BCUT2D eigenvalue weighted by molar-refractivity contribution is 5.91. The van der Waals surface area contributed by atoms with Crippen LogP contribution in [0.4, 0.5) is 5.82 Å². The van der Waals surface area contributed by atoms with E-state index in [4.69, 9.17) is 9.97 Å². The summed E-state index contributed by atoms with van der Waals surface area (Å²) < 4.78 is 0. The summed E-state index contributed by atoms with van der Waals surface area (Å²) in [5, 5.41) is 7.72. The average molecular weight is 373 g/mol. The molecular formula is C24H28N4. The number of anilines is 1. The maximum absolute atomic E-state index is 4.86. The summed E-state index contributed by atoms with van der Waals surface area (Å²) in [6.45, 7) is 11.4. The van der Waals surface area contributed by atoms with Crippen molar-refractivity contribution >= 4 is 16.7 Å². The Hall–Kier alpha value is -3.14. The van der Waals surface area contributed by atoms with Crippen LogP contribution in [0.1, 0.15) is 32.8 Å². The van der Waals surface area contributed by atoms with Crippen molar-refractivity contribution in [3.05, 3.63) is 78.1 Å². The Kier molecular flexibility index (Phi) is 6.43. The van der Waals surface area contributed by atoms with E-state index >= 15 is 0 Å². The van der Waals surface area contributed by atoms with Gasteiger partial charge in [0.05, 0.1) is 5.52 Å². The highest BCUT2D eigenvalue weighted by atomic mass is 15.0. The van der Waals surface area contributed by atoms with Crippen molar-refractivity contribution in [1.29, 1.82) is 0 Å². The monoisotopic (exact) mass is 372 g/mol. The van der Waals surface area contributed by atoms with E-state index < -0.39 is 0 Å². The molecule has 144 valence electrons. The van der Waals surface area contributed by atoms with Crippen LogP contribution >= 0.6 is 0 Å². The Morgan fingerprint density at radius 2 is 1.79 bits per heavy atom. The molecule has 4 heteroatoms. The summed E-state index contributed by atoms with van der Waals surface area (Å²) in [6.07, 6.45) is 4.03. The van der Waals surface area contributed by atoms with E-state index in [2.05, 4.69) is 49.3 Å². The van der Waals surface area contributed by atoms with Crippen molar-refractivity contribution in [2.75, 3.05) is 11.9 Å². The highest BCUT2D eigenvalue weighted by Crippen LogP contribution is 2.27. The number of allylic oxidation sites excluding steroid dienone is 2. The molecule has 0 fully saturated rings. The van der Waals surface area contributed by atoms with Gasteiger partial charge in [0.1, 0.15) is 5.82 Å². The molecule has 0 spiro atoms. The normalized spacial score (nSPS) is 11.5. The maximum Gasteiger partial charge on any atom is 0.162 e. The zero-order chi connectivity index (χ0) is 19.9. The fraction of sp³-hybridized carbons (Fsp3) is 0.250. The second kappa shape index (κ2) is 9.18. The van der Waals surface area contributed by atoms with Crippen LogP contribution in [0.3, 0.4) is 0 Å². The summed E-state index contributed by atoms with van der Waals surface area (Å²) in [4.78, 5) is 9.67. The predicted octanol–water partition coefficient (Wildman–Crippen LogP) is 5.69. The van der Waals surface area contributed by atoms with Gasteiger partial charge >= 0.3 is 0 Å². The number of nitrogens with one attached hydrogen (secondary N) is 2. The topological polar surface area (TPSA) is 49.8 Å². The van der Waals surface area contributed by atoms with E-state index in [0.717, 1.165) is 58.9 Å². The number of aromatic nitrogens is 2. The number of rotatable bonds is 8. The number of hydrogen-bond donors (Lipinski definition) is 2. The fourth-order valence-electron chi connectivity index (χ4n) is 3.16. The molecule has 0 saturated heterocycles. The third-order valence-corrected chi connectivity index (χ3v) is 4.57. The SMILES string of the molecule is C=C(/C=C(/C)NCCC)Nc1nc(-c2ccccc2CC)nc2ccccc12. The summed E-state index contributed by atoms with van der Waals surface area (Å²) in [5.74, 6) is 1.51. The van der Waals surface area contributed by atoms with Crippen LogP contribution in [-0.2, 0) is 6.42 Å². The van der Waals surface area contributed by atoms with E-state index in [9.17, 15) is 0 Å². The summed E-state index contributed by atoms with van der Waals surface area (Å²) in [7, 11) is 0. The van der Waals surface area contributed by atoms with Gasteiger partial charge in [-0.3, -0.25) is 0 Å². The minimum Gasteiger partial charge on any atom is -0.389 e. The van der Waals surface area contributed by atoms with Crippen LogP contribution in [0, 0.1) is 0 Å². The summed E-state index contributed by atoms with van der Waals surface area (Å²) in [5.41, 5.74) is 5.09. The second-order valence-electron chi connectivity index (χ2n) is 6.83. The molecule has 0 aliphatic heterocycles. The summed E-state index contributed by atoms with van der Waals surface area (Å²) in [6, 6.07) is 16.4. The molecule has 2 N–H and O–H groups in total. The number of para-hydroxylation sites is 1. The third kappa shape index (κ3) is 4.58. The number of nitrogens with zero attached hydrogens (tertiary/aromatic N) is 2. The van der Waals surface area contributed by atoms with Gasteiger partial charge in [-0.05, 0) is 43.5 Å². The lowest BCUT2D eigenvalue weighted by atomic mass is 10.0. The molecule has 0 aliphatic rings. The zero-order valence-corrected chi connectivity index (χ0v) is 16.9. The molecule has 1 heterocycles. The van der Waals surface area contributed by atoms with Gasteiger partial charge in [-0.25, -0.2) is 9.97 Å². The molecule has 0 bridgehead atoms. The first-order valence-electron chi connectivity index (χ1n) is 9.85. The Labute approximate surface area is 167 Å². The predicted molar refractivity (Wildman–Crippen MR) is 119 cm³/mol. The van der Waals surface area contributed by atoms with Crippen molar-refractivity contribution in [1.82, 2.24) is 15.3 Å². The van der Waals surface area contributed by atoms with E-state index in [-0.39, 0.29) is 0 Å². The molecule has 0 radical (unpaired) electrons. The number of hydrogen-bond acceptors (Lipinski definition) is 4. The van der Waals surface area contributed by atoms with Gasteiger partial charge in [0.15, 0.2) is 5.82 Å². The molecule has 1 aromatic heterocycles.